The first-order valence-corrected chi connectivity index (χ1v) is 6.93. The Morgan fingerprint density at radius 3 is 1.81 bits per heavy atom. The second-order valence-corrected chi connectivity index (χ2v) is 4.34. The van der Waals surface area contributed by atoms with Gasteiger partial charge < -0.3 is 4.90 Å². The molecule has 2 heteroatoms. The number of hydrogen-bond acceptors (Lipinski definition) is 2. The molecule has 16 heavy (non-hydrogen) atoms. The molecule has 0 amide bonds. The van der Waals surface area contributed by atoms with Gasteiger partial charge in [-0.15, -0.1) is 0 Å². The number of carbonyl (C=O) groups is 1. The molecule has 0 bridgehead atoms. The number of carbonyl (C=O) groups excluding carboxylic acids is 1. The Morgan fingerprint density at radius 2 is 1.50 bits per heavy atom. The van der Waals surface area contributed by atoms with E-state index in [0.29, 0.717) is 11.7 Å². The van der Waals surface area contributed by atoms with Gasteiger partial charge in [-0.05, 0) is 45.7 Å². The molecule has 0 spiro atoms. The molecule has 0 aromatic rings. The van der Waals surface area contributed by atoms with Crippen LogP contribution >= 0.6 is 0 Å². The summed E-state index contributed by atoms with van der Waals surface area (Å²) in [5.74, 6) is 0.754. The maximum Gasteiger partial charge on any atom is 0.132 e. The predicted molar refractivity (Wildman–Crippen MR) is 70.7 cm³/mol. The highest BCUT2D eigenvalue weighted by atomic mass is 16.1. The molecule has 0 unspecified atom stereocenters. The van der Waals surface area contributed by atoms with Crippen molar-refractivity contribution in [1.82, 2.24) is 4.90 Å². The highest BCUT2D eigenvalue weighted by molar-refractivity contribution is 5.78. The van der Waals surface area contributed by atoms with Crippen LogP contribution in [0.4, 0.5) is 0 Å². The van der Waals surface area contributed by atoms with Crippen LogP contribution in [-0.2, 0) is 4.79 Å². The second-order valence-electron chi connectivity index (χ2n) is 4.34. The third kappa shape index (κ3) is 4.65. The summed E-state index contributed by atoms with van der Waals surface area (Å²) in [7, 11) is 0. The lowest BCUT2D eigenvalue weighted by atomic mass is 9.83. The normalized spacial score (nSPS) is 24.9. The van der Waals surface area contributed by atoms with Crippen LogP contribution in [0, 0.1) is 5.92 Å². The number of ketones is 1. The summed E-state index contributed by atoms with van der Waals surface area (Å²) in [6, 6.07) is 0.737. The van der Waals surface area contributed by atoms with Crippen molar-refractivity contribution in [2.24, 2.45) is 5.92 Å². The van der Waals surface area contributed by atoms with E-state index in [1.165, 1.54) is 12.8 Å². The zero-order chi connectivity index (χ0) is 12.6. The first-order valence-electron chi connectivity index (χ1n) is 6.93. The van der Waals surface area contributed by atoms with Gasteiger partial charge in [-0.1, -0.05) is 27.7 Å². The fourth-order valence-corrected chi connectivity index (χ4v) is 2.59. The van der Waals surface area contributed by atoms with Gasteiger partial charge in [-0.2, -0.15) is 0 Å². The fourth-order valence-electron chi connectivity index (χ4n) is 2.59. The van der Waals surface area contributed by atoms with Crippen LogP contribution in [-0.4, -0.2) is 29.8 Å². The molecule has 1 aliphatic carbocycles. The maximum atomic E-state index is 11.2. The zero-order valence-electron chi connectivity index (χ0n) is 11.8. The van der Waals surface area contributed by atoms with Crippen LogP contribution < -0.4 is 0 Å². The van der Waals surface area contributed by atoms with Crippen molar-refractivity contribution in [3.05, 3.63) is 0 Å². The average Bonchev–Trinajstić information content (AvgIpc) is 2.34. The summed E-state index contributed by atoms with van der Waals surface area (Å²) in [6.45, 7) is 12.5. The molecule has 0 radical (unpaired) electrons. The maximum absolute atomic E-state index is 11.2. The summed E-state index contributed by atoms with van der Waals surface area (Å²) in [5, 5.41) is 0. The van der Waals surface area contributed by atoms with E-state index in [4.69, 9.17) is 0 Å². The van der Waals surface area contributed by atoms with Gasteiger partial charge in [-0.25, -0.2) is 0 Å². The van der Waals surface area contributed by atoms with E-state index >= 15 is 0 Å². The Labute approximate surface area is 101 Å². The van der Waals surface area contributed by atoms with Gasteiger partial charge in [0.15, 0.2) is 0 Å². The van der Waals surface area contributed by atoms with Gasteiger partial charge in [0.25, 0.3) is 0 Å². The van der Waals surface area contributed by atoms with Crippen molar-refractivity contribution in [2.45, 2.75) is 66.3 Å². The summed E-state index contributed by atoms with van der Waals surface area (Å²) in [5.41, 5.74) is 0. The molecule has 0 aliphatic heterocycles. The molecule has 0 aromatic heterocycles. The topological polar surface area (TPSA) is 20.3 Å². The first kappa shape index (κ1) is 15.6. The fraction of sp³-hybridized carbons (Fsp3) is 0.929. The molecular weight excluding hydrogens is 198 g/mol. The summed E-state index contributed by atoms with van der Waals surface area (Å²) < 4.78 is 0. The molecule has 1 fully saturated rings. The monoisotopic (exact) mass is 227 g/mol. The predicted octanol–water partition coefficient (Wildman–Crippen LogP) is 3.50. The van der Waals surface area contributed by atoms with Crippen LogP contribution in [0.15, 0.2) is 0 Å². The van der Waals surface area contributed by atoms with Gasteiger partial charge in [-0.3, -0.25) is 4.79 Å². The first-order chi connectivity index (χ1) is 7.69. The molecule has 96 valence electrons. The molecule has 0 heterocycles. The van der Waals surface area contributed by atoms with Crippen molar-refractivity contribution < 1.29 is 4.79 Å². The Kier molecular flexibility index (Phi) is 8.54. The third-order valence-corrected chi connectivity index (χ3v) is 3.60. The van der Waals surface area contributed by atoms with E-state index in [0.717, 1.165) is 32.0 Å². The van der Waals surface area contributed by atoms with Crippen molar-refractivity contribution in [1.29, 1.82) is 0 Å². The second kappa shape index (κ2) is 8.74. The van der Waals surface area contributed by atoms with Crippen molar-refractivity contribution in [2.75, 3.05) is 13.1 Å². The van der Waals surface area contributed by atoms with E-state index < -0.39 is 0 Å². The van der Waals surface area contributed by atoms with E-state index in [1.807, 2.05) is 13.8 Å². The summed E-state index contributed by atoms with van der Waals surface area (Å²) in [4.78, 5) is 13.7. The van der Waals surface area contributed by atoms with Crippen LogP contribution in [0.2, 0.25) is 0 Å². The van der Waals surface area contributed by atoms with E-state index in [1.54, 1.807) is 6.92 Å². The Morgan fingerprint density at radius 1 is 1.06 bits per heavy atom. The smallest absolute Gasteiger partial charge is 0.132 e. The molecule has 0 aromatic carbocycles. The van der Waals surface area contributed by atoms with Crippen LogP contribution in [0.25, 0.3) is 0 Å². The highest BCUT2D eigenvalue weighted by Gasteiger charge is 2.26. The number of Topliss-reactive ketones (excluding diaryl/α,β-unsaturated/α-hetero) is 1. The Bertz CT molecular complexity index is 179. The highest BCUT2D eigenvalue weighted by Crippen LogP contribution is 2.27. The SMILES string of the molecule is CC.CCN(CC)C1CCC(C(C)=O)CC1. The number of nitrogens with zero attached hydrogens (tertiary/aromatic N) is 1. The van der Waals surface area contributed by atoms with Gasteiger partial charge in [0.05, 0.1) is 0 Å². The minimum absolute atomic E-state index is 0.363. The van der Waals surface area contributed by atoms with E-state index in [9.17, 15) is 4.79 Å². The zero-order valence-corrected chi connectivity index (χ0v) is 11.8. The molecule has 2 nitrogen and oxygen atoms in total. The quantitative estimate of drug-likeness (QED) is 0.732. The molecule has 1 aliphatic rings. The standard InChI is InChI=1S/C12H23NO.C2H6/c1-4-13(5-2)12-8-6-11(7-9-12)10(3)14;1-2/h11-12H,4-9H2,1-3H3;1-2H3. The minimum atomic E-state index is 0.363. The summed E-state index contributed by atoms with van der Waals surface area (Å²) >= 11 is 0. The van der Waals surface area contributed by atoms with Crippen LogP contribution in [0.1, 0.15) is 60.3 Å². The molecule has 1 rings (SSSR count). The molecule has 0 saturated heterocycles. The average molecular weight is 227 g/mol. The Balaban J connectivity index is 0.00000106. The molecule has 0 atom stereocenters. The van der Waals surface area contributed by atoms with Crippen molar-refractivity contribution in [3.8, 4) is 0 Å². The van der Waals surface area contributed by atoms with Gasteiger partial charge in [0, 0.05) is 12.0 Å². The van der Waals surface area contributed by atoms with Gasteiger partial charge in [0.2, 0.25) is 0 Å². The molecular formula is C14H29NO. The van der Waals surface area contributed by atoms with Gasteiger partial charge >= 0.3 is 0 Å². The van der Waals surface area contributed by atoms with Crippen molar-refractivity contribution >= 4 is 5.78 Å². The number of rotatable bonds is 4. The number of hydrogen-bond donors (Lipinski definition) is 0. The van der Waals surface area contributed by atoms with Crippen molar-refractivity contribution in [3.63, 3.8) is 0 Å². The third-order valence-electron chi connectivity index (χ3n) is 3.60. The lowest BCUT2D eigenvalue weighted by Gasteiger charge is -2.35. The molecule has 1 saturated carbocycles. The van der Waals surface area contributed by atoms with E-state index in [2.05, 4.69) is 18.7 Å². The summed E-state index contributed by atoms with van der Waals surface area (Å²) in [6.07, 6.45) is 4.64. The lowest BCUT2D eigenvalue weighted by molar-refractivity contribution is -0.122. The molecule has 0 N–H and O–H groups in total. The largest absolute Gasteiger partial charge is 0.301 e. The van der Waals surface area contributed by atoms with Crippen LogP contribution in [0.3, 0.4) is 0 Å². The lowest BCUT2D eigenvalue weighted by Crippen LogP contribution is -2.38. The van der Waals surface area contributed by atoms with Gasteiger partial charge in [0.1, 0.15) is 5.78 Å². The van der Waals surface area contributed by atoms with E-state index in [-0.39, 0.29) is 0 Å². The Hall–Kier alpha value is -0.370. The van der Waals surface area contributed by atoms with Crippen LogP contribution in [0.5, 0.6) is 0 Å². The minimum Gasteiger partial charge on any atom is -0.301 e.